The lowest BCUT2D eigenvalue weighted by atomic mass is 10.0. The van der Waals surface area contributed by atoms with Crippen molar-refractivity contribution in [3.05, 3.63) is 46.7 Å². The van der Waals surface area contributed by atoms with Gasteiger partial charge in [-0.1, -0.05) is 6.07 Å². The fourth-order valence-electron chi connectivity index (χ4n) is 3.28. The summed E-state index contributed by atoms with van der Waals surface area (Å²) in [6.07, 6.45) is 5.02. The Balaban J connectivity index is 1.38. The topological polar surface area (TPSA) is 38.2 Å². The van der Waals surface area contributed by atoms with Crippen LogP contribution in [0, 0.1) is 5.92 Å². The first-order valence-corrected chi connectivity index (χ1v) is 7.92. The van der Waals surface area contributed by atoms with Crippen LogP contribution in [0.25, 0.3) is 0 Å². The normalized spacial score (nSPS) is 29.7. The molecule has 3 atom stereocenters. The first-order chi connectivity index (χ1) is 9.88. The molecule has 0 spiro atoms. The highest BCUT2D eigenvalue weighted by Crippen LogP contribution is 2.40. The Labute approximate surface area is 122 Å². The molecule has 20 heavy (non-hydrogen) atoms. The third-order valence-electron chi connectivity index (χ3n) is 4.21. The number of hydrogen-bond acceptors (Lipinski definition) is 5. The van der Waals surface area contributed by atoms with E-state index in [1.165, 1.54) is 4.88 Å². The molecule has 2 aromatic heterocycles. The summed E-state index contributed by atoms with van der Waals surface area (Å²) in [5, 5.41) is 2.15. The number of thiophene rings is 1. The summed E-state index contributed by atoms with van der Waals surface area (Å²) in [5.41, 5.74) is 1.03. The zero-order chi connectivity index (χ0) is 13.4. The van der Waals surface area contributed by atoms with E-state index in [0.29, 0.717) is 12.0 Å². The minimum Gasteiger partial charge on any atom is -0.367 e. The van der Waals surface area contributed by atoms with Crippen LogP contribution in [-0.4, -0.2) is 34.1 Å². The van der Waals surface area contributed by atoms with E-state index in [-0.39, 0.29) is 6.10 Å². The molecule has 0 aromatic carbocycles. The van der Waals surface area contributed by atoms with Crippen molar-refractivity contribution in [2.75, 3.05) is 13.1 Å². The Hall–Kier alpha value is -1.30. The van der Waals surface area contributed by atoms with Crippen LogP contribution < -0.4 is 0 Å². The van der Waals surface area contributed by atoms with Gasteiger partial charge in [0.15, 0.2) is 0 Å². The van der Waals surface area contributed by atoms with Crippen LogP contribution in [0.2, 0.25) is 0 Å². The van der Waals surface area contributed by atoms with E-state index in [0.717, 1.165) is 31.7 Å². The first-order valence-electron chi connectivity index (χ1n) is 7.04. The lowest BCUT2D eigenvalue weighted by Gasteiger charge is -2.18. The maximum Gasteiger partial charge on any atom is 0.115 e. The largest absolute Gasteiger partial charge is 0.367 e. The highest BCUT2D eigenvalue weighted by molar-refractivity contribution is 7.09. The molecule has 2 saturated heterocycles. The Bertz CT molecular complexity index is 546. The number of aromatic nitrogens is 2. The predicted octanol–water partition coefficient (Wildman–Crippen LogP) is 2.50. The molecule has 0 bridgehead atoms. The van der Waals surface area contributed by atoms with Gasteiger partial charge in [0.25, 0.3) is 0 Å². The molecule has 4 heterocycles. The van der Waals surface area contributed by atoms with E-state index in [1.54, 1.807) is 12.5 Å². The summed E-state index contributed by atoms with van der Waals surface area (Å²) in [6, 6.07) is 6.30. The molecule has 2 aliphatic heterocycles. The molecule has 2 fully saturated rings. The van der Waals surface area contributed by atoms with Crippen LogP contribution in [0.3, 0.4) is 0 Å². The maximum absolute atomic E-state index is 6.19. The van der Waals surface area contributed by atoms with E-state index >= 15 is 0 Å². The summed E-state index contributed by atoms with van der Waals surface area (Å²) >= 11 is 1.84. The van der Waals surface area contributed by atoms with E-state index in [9.17, 15) is 0 Å². The zero-order valence-corrected chi connectivity index (χ0v) is 12.0. The smallest absolute Gasteiger partial charge is 0.115 e. The van der Waals surface area contributed by atoms with Crippen LogP contribution in [0.4, 0.5) is 0 Å². The van der Waals surface area contributed by atoms with Gasteiger partial charge in [-0.25, -0.2) is 9.97 Å². The van der Waals surface area contributed by atoms with Crippen LogP contribution in [0.15, 0.2) is 36.1 Å². The SMILES string of the molecule is c1csc(CN2C[C@@H]3C[C@H](c4ccncn4)O[C@@H]3C2)c1. The molecule has 0 unspecified atom stereocenters. The van der Waals surface area contributed by atoms with Crippen molar-refractivity contribution in [3.8, 4) is 0 Å². The molecule has 0 aliphatic carbocycles. The third kappa shape index (κ3) is 2.37. The van der Waals surface area contributed by atoms with Crippen molar-refractivity contribution in [2.45, 2.75) is 25.2 Å². The van der Waals surface area contributed by atoms with Crippen LogP contribution in [-0.2, 0) is 11.3 Å². The second kappa shape index (κ2) is 5.24. The first kappa shape index (κ1) is 12.4. The van der Waals surface area contributed by atoms with Crippen molar-refractivity contribution in [3.63, 3.8) is 0 Å². The summed E-state index contributed by atoms with van der Waals surface area (Å²) in [7, 11) is 0. The second-order valence-corrected chi connectivity index (χ2v) is 6.60. The fourth-order valence-corrected chi connectivity index (χ4v) is 4.03. The molecular weight excluding hydrogens is 270 g/mol. The zero-order valence-electron chi connectivity index (χ0n) is 11.2. The van der Waals surface area contributed by atoms with Gasteiger partial charge in [0.1, 0.15) is 12.4 Å². The number of rotatable bonds is 3. The molecule has 4 nitrogen and oxygen atoms in total. The van der Waals surface area contributed by atoms with E-state index in [4.69, 9.17) is 4.74 Å². The van der Waals surface area contributed by atoms with Crippen LogP contribution >= 0.6 is 11.3 Å². The van der Waals surface area contributed by atoms with Crippen molar-refractivity contribution in [1.82, 2.24) is 14.9 Å². The van der Waals surface area contributed by atoms with Crippen molar-refractivity contribution in [2.24, 2.45) is 5.92 Å². The van der Waals surface area contributed by atoms with E-state index < -0.39 is 0 Å². The van der Waals surface area contributed by atoms with Crippen molar-refractivity contribution < 1.29 is 4.74 Å². The van der Waals surface area contributed by atoms with E-state index in [2.05, 4.69) is 32.4 Å². The van der Waals surface area contributed by atoms with Crippen LogP contribution in [0.1, 0.15) is 23.1 Å². The van der Waals surface area contributed by atoms with Gasteiger partial charge in [0.05, 0.1) is 11.8 Å². The van der Waals surface area contributed by atoms with Crippen LogP contribution in [0.5, 0.6) is 0 Å². The third-order valence-corrected chi connectivity index (χ3v) is 5.07. The molecule has 2 aliphatic rings. The van der Waals surface area contributed by atoms with Gasteiger partial charge in [-0.3, -0.25) is 4.90 Å². The van der Waals surface area contributed by atoms with Crippen molar-refractivity contribution >= 4 is 11.3 Å². The monoisotopic (exact) mass is 287 g/mol. The van der Waals surface area contributed by atoms with E-state index in [1.807, 2.05) is 17.4 Å². The molecule has 0 N–H and O–H groups in total. The second-order valence-electron chi connectivity index (χ2n) is 5.57. The number of likely N-dealkylation sites (tertiary alicyclic amines) is 1. The average molecular weight is 287 g/mol. The molecule has 4 rings (SSSR count). The molecule has 0 radical (unpaired) electrons. The van der Waals surface area contributed by atoms with Gasteiger partial charge in [-0.05, 0) is 23.9 Å². The minimum atomic E-state index is 0.164. The molecule has 0 amide bonds. The molecule has 104 valence electrons. The van der Waals surface area contributed by atoms with Crippen molar-refractivity contribution in [1.29, 1.82) is 0 Å². The number of nitrogens with zero attached hydrogens (tertiary/aromatic N) is 3. The molecule has 0 saturated carbocycles. The lowest BCUT2D eigenvalue weighted by Crippen LogP contribution is -2.23. The van der Waals surface area contributed by atoms with Gasteiger partial charge in [0, 0.05) is 36.6 Å². The van der Waals surface area contributed by atoms with Gasteiger partial charge in [-0.2, -0.15) is 0 Å². The Morgan fingerprint density at radius 2 is 2.35 bits per heavy atom. The molecular formula is C15H17N3OS. The minimum absolute atomic E-state index is 0.164. The van der Waals surface area contributed by atoms with Gasteiger partial charge in [0.2, 0.25) is 0 Å². The summed E-state index contributed by atoms with van der Waals surface area (Å²) in [4.78, 5) is 12.2. The molecule has 5 heteroatoms. The Morgan fingerprint density at radius 3 is 3.10 bits per heavy atom. The number of fused-ring (bicyclic) bond motifs is 1. The highest BCUT2D eigenvalue weighted by Gasteiger charge is 2.42. The quantitative estimate of drug-likeness (QED) is 0.869. The number of ether oxygens (including phenoxy) is 1. The standard InChI is InChI=1S/C15H17N3OS/c1-2-12(20-5-1)8-18-7-11-6-14(19-15(11)9-18)13-3-4-16-10-17-13/h1-5,10-11,14-15H,6-9H2/t11-,14+,15+/m0/s1. The predicted molar refractivity (Wildman–Crippen MR) is 77.3 cm³/mol. The molecule has 2 aromatic rings. The summed E-state index contributed by atoms with van der Waals surface area (Å²) < 4.78 is 6.19. The summed E-state index contributed by atoms with van der Waals surface area (Å²) in [5.74, 6) is 0.648. The summed E-state index contributed by atoms with van der Waals surface area (Å²) in [6.45, 7) is 3.25. The maximum atomic E-state index is 6.19. The van der Waals surface area contributed by atoms with Gasteiger partial charge >= 0.3 is 0 Å². The Morgan fingerprint density at radius 1 is 1.35 bits per heavy atom. The average Bonchev–Trinajstić information content (AvgIpc) is 3.16. The van der Waals surface area contributed by atoms with Gasteiger partial charge < -0.3 is 4.74 Å². The fraction of sp³-hybridized carbons (Fsp3) is 0.467. The lowest BCUT2D eigenvalue weighted by molar-refractivity contribution is 0.0349. The highest BCUT2D eigenvalue weighted by atomic mass is 32.1. The van der Waals surface area contributed by atoms with Gasteiger partial charge in [-0.15, -0.1) is 11.3 Å². The Kier molecular flexibility index (Phi) is 3.26. The number of hydrogen-bond donors (Lipinski definition) is 0.